The summed E-state index contributed by atoms with van der Waals surface area (Å²) < 4.78 is 78.9. The summed E-state index contributed by atoms with van der Waals surface area (Å²) in [6.07, 6.45) is -9.90. The van der Waals surface area contributed by atoms with E-state index in [4.69, 9.17) is 0 Å². The van der Waals surface area contributed by atoms with Crippen LogP contribution in [-0.4, -0.2) is 22.7 Å². The van der Waals surface area contributed by atoms with Crippen molar-refractivity contribution >= 4 is 10.9 Å². The number of alkyl halides is 6. The lowest BCUT2D eigenvalue weighted by molar-refractivity contribution is -0.142. The lowest BCUT2D eigenvalue weighted by atomic mass is 9.95. The third-order valence-electron chi connectivity index (χ3n) is 4.27. The van der Waals surface area contributed by atoms with Crippen LogP contribution in [0.1, 0.15) is 35.8 Å². The molecule has 2 N–H and O–H groups in total. The van der Waals surface area contributed by atoms with Crippen molar-refractivity contribution in [3.63, 3.8) is 0 Å². The lowest BCUT2D eigenvalue weighted by Gasteiger charge is -2.22. The standard InChI is InChI=1S/C16H14F6N2O/c17-15(18,19)10-4-1-3-8-9(14(25)11-5-2-6-23-11)7-12(16(20,21)22)24-13(8)10/h1,3-4,7,11,14,23,25H,2,5-6H2/t11-,14+/m0/s1. The van der Waals surface area contributed by atoms with E-state index >= 15 is 0 Å². The van der Waals surface area contributed by atoms with Gasteiger partial charge in [0.25, 0.3) is 0 Å². The number of aromatic nitrogens is 1. The summed E-state index contributed by atoms with van der Waals surface area (Å²) >= 11 is 0. The summed E-state index contributed by atoms with van der Waals surface area (Å²) in [5.74, 6) is 0. The number of para-hydroxylation sites is 1. The highest BCUT2D eigenvalue weighted by Gasteiger charge is 2.38. The Morgan fingerprint density at radius 3 is 2.40 bits per heavy atom. The van der Waals surface area contributed by atoms with Crippen LogP contribution in [-0.2, 0) is 12.4 Å². The Balaban J connectivity index is 2.27. The molecule has 0 aliphatic carbocycles. The molecule has 1 saturated heterocycles. The predicted molar refractivity (Wildman–Crippen MR) is 77.7 cm³/mol. The number of hydrogen-bond acceptors (Lipinski definition) is 3. The van der Waals surface area contributed by atoms with E-state index in [0.29, 0.717) is 25.1 Å². The molecular formula is C16H14F6N2O. The molecule has 9 heteroatoms. The van der Waals surface area contributed by atoms with Crippen LogP contribution in [0.25, 0.3) is 10.9 Å². The van der Waals surface area contributed by atoms with Crippen LogP contribution in [0.4, 0.5) is 26.3 Å². The van der Waals surface area contributed by atoms with Gasteiger partial charge >= 0.3 is 12.4 Å². The van der Waals surface area contributed by atoms with Crippen molar-refractivity contribution in [1.29, 1.82) is 0 Å². The van der Waals surface area contributed by atoms with E-state index in [1.165, 1.54) is 6.07 Å². The minimum Gasteiger partial charge on any atom is -0.387 e. The first-order chi connectivity index (χ1) is 11.6. The molecule has 3 rings (SSSR count). The summed E-state index contributed by atoms with van der Waals surface area (Å²) in [7, 11) is 0. The van der Waals surface area contributed by atoms with Crippen molar-refractivity contribution in [2.75, 3.05) is 6.54 Å². The Labute approximate surface area is 138 Å². The average molecular weight is 364 g/mol. The van der Waals surface area contributed by atoms with Crippen molar-refractivity contribution in [3.05, 3.63) is 41.1 Å². The maximum atomic E-state index is 13.2. The van der Waals surface area contributed by atoms with E-state index < -0.39 is 41.3 Å². The summed E-state index contributed by atoms with van der Waals surface area (Å²) in [4.78, 5) is 3.21. The quantitative estimate of drug-likeness (QED) is 0.790. The average Bonchev–Trinajstić information content (AvgIpc) is 3.05. The van der Waals surface area contributed by atoms with Crippen LogP contribution >= 0.6 is 0 Å². The van der Waals surface area contributed by atoms with Crippen LogP contribution in [0.2, 0.25) is 0 Å². The predicted octanol–water partition coefficient (Wildman–Crippen LogP) is 4.06. The molecule has 1 aliphatic rings. The van der Waals surface area contributed by atoms with Gasteiger partial charge < -0.3 is 10.4 Å². The van der Waals surface area contributed by atoms with Gasteiger partial charge in [-0.05, 0) is 37.1 Å². The molecular weight excluding hydrogens is 350 g/mol. The molecule has 25 heavy (non-hydrogen) atoms. The normalized spacial score (nSPS) is 20.2. The first-order valence-corrected chi connectivity index (χ1v) is 7.58. The van der Waals surface area contributed by atoms with E-state index in [-0.39, 0.29) is 10.9 Å². The molecule has 2 atom stereocenters. The van der Waals surface area contributed by atoms with Crippen molar-refractivity contribution in [2.24, 2.45) is 0 Å². The van der Waals surface area contributed by atoms with E-state index in [2.05, 4.69) is 10.3 Å². The second-order valence-corrected chi connectivity index (χ2v) is 5.94. The van der Waals surface area contributed by atoms with Crippen LogP contribution in [0.3, 0.4) is 0 Å². The van der Waals surface area contributed by atoms with Gasteiger partial charge in [-0.3, -0.25) is 0 Å². The summed E-state index contributed by atoms with van der Waals surface area (Å²) in [5, 5.41) is 13.3. The Morgan fingerprint density at radius 2 is 1.84 bits per heavy atom. The zero-order chi connectivity index (χ0) is 18.4. The molecule has 0 amide bonds. The molecule has 3 nitrogen and oxygen atoms in total. The molecule has 0 radical (unpaired) electrons. The number of aliphatic hydroxyl groups excluding tert-OH is 1. The second-order valence-electron chi connectivity index (χ2n) is 5.94. The number of halogens is 6. The summed E-state index contributed by atoms with van der Waals surface area (Å²) in [5.41, 5.74) is -3.73. The van der Waals surface area contributed by atoms with E-state index in [0.717, 1.165) is 12.5 Å². The Bertz CT molecular complexity index is 781. The van der Waals surface area contributed by atoms with Crippen LogP contribution in [0, 0.1) is 0 Å². The highest BCUT2D eigenvalue weighted by molar-refractivity contribution is 5.86. The Hall–Kier alpha value is -1.87. The van der Waals surface area contributed by atoms with Gasteiger partial charge in [0.05, 0.1) is 17.2 Å². The van der Waals surface area contributed by atoms with Crippen LogP contribution < -0.4 is 5.32 Å². The van der Waals surface area contributed by atoms with Gasteiger partial charge in [0, 0.05) is 11.4 Å². The third kappa shape index (κ3) is 3.43. The Kier molecular flexibility index (Phi) is 4.40. The number of nitrogens with zero attached hydrogens (tertiary/aromatic N) is 1. The maximum Gasteiger partial charge on any atom is 0.433 e. The largest absolute Gasteiger partial charge is 0.433 e. The van der Waals surface area contributed by atoms with Crippen LogP contribution in [0.5, 0.6) is 0 Å². The maximum absolute atomic E-state index is 13.2. The fourth-order valence-electron chi connectivity index (χ4n) is 3.09. The number of nitrogens with one attached hydrogen (secondary N) is 1. The minimum atomic E-state index is -4.93. The van der Waals surface area contributed by atoms with E-state index in [9.17, 15) is 31.4 Å². The van der Waals surface area contributed by atoms with Gasteiger partial charge in [-0.25, -0.2) is 4.98 Å². The van der Waals surface area contributed by atoms with Crippen LogP contribution in [0.15, 0.2) is 24.3 Å². The van der Waals surface area contributed by atoms with Crippen molar-refractivity contribution in [2.45, 2.75) is 37.3 Å². The van der Waals surface area contributed by atoms with Gasteiger partial charge in [-0.1, -0.05) is 12.1 Å². The van der Waals surface area contributed by atoms with Gasteiger partial charge in [0.1, 0.15) is 5.69 Å². The lowest BCUT2D eigenvalue weighted by Crippen LogP contribution is -2.29. The summed E-state index contributed by atoms with van der Waals surface area (Å²) in [6, 6.07) is 3.14. The molecule has 0 unspecified atom stereocenters. The molecule has 0 spiro atoms. The fourth-order valence-corrected chi connectivity index (χ4v) is 3.09. The molecule has 0 bridgehead atoms. The molecule has 2 aromatic rings. The fraction of sp³-hybridized carbons (Fsp3) is 0.438. The van der Waals surface area contributed by atoms with E-state index in [1.54, 1.807) is 0 Å². The minimum absolute atomic E-state index is 0.135. The van der Waals surface area contributed by atoms with Crippen molar-refractivity contribution < 1.29 is 31.4 Å². The van der Waals surface area contributed by atoms with Crippen molar-refractivity contribution in [1.82, 2.24) is 10.3 Å². The number of hydrogen-bond donors (Lipinski definition) is 2. The van der Waals surface area contributed by atoms with Crippen molar-refractivity contribution in [3.8, 4) is 0 Å². The number of benzene rings is 1. The van der Waals surface area contributed by atoms with Gasteiger partial charge in [0.15, 0.2) is 0 Å². The highest BCUT2D eigenvalue weighted by atomic mass is 19.4. The molecule has 1 aliphatic heterocycles. The monoisotopic (exact) mass is 364 g/mol. The zero-order valence-corrected chi connectivity index (χ0v) is 12.7. The number of pyridine rings is 1. The van der Waals surface area contributed by atoms with Gasteiger partial charge in [-0.2, -0.15) is 26.3 Å². The van der Waals surface area contributed by atoms with Gasteiger partial charge in [-0.15, -0.1) is 0 Å². The topological polar surface area (TPSA) is 45.2 Å². The number of fused-ring (bicyclic) bond motifs is 1. The molecule has 2 heterocycles. The molecule has 136 valence electrons. The first-order valence-electron chi connectivity index (χ1n) is 7.58. The highest BCUT2D eigenvalue weighted by Crippen LogP contribution is 2.39. The Morgan fingerprint density at radius 1 is 1.12 bits per heavy atom. The van der Waals surface area contributed by atoms with Gasteiger partial charge in [0.2, 0.25) is 0 Å². The smallest absolute Gasteiger partial charge is 0.387 e. The van der Waals surface area contributed by atoms with E-state index in [1.807, 2.05) is 0 Å². The zero-order valence-electron chi connectivity index (χ0n) is 12.7. The second kappa shape index (κ2) is 6.14. The molecule has 1 fully saturated rings. The molecule has 1 aromatic carbocycles. The number of rotatable bonds is 2. The molecule has 1 aromatic heterocycles. The molecule has 0 saturated carbocycles. The number of aliphatic hydroxyl groups is 1. The summed E-state index contributed by atoms with van der Waals surface area (Å²) in [6.45, 7) is 0.588. The third-order valence-corrected chi connectivity index (χ3v) is 4.27. The first kappa shape index (κ1) is 17.9. The SMILES string of the molecule is O[C@H](c1cc(C(F)(F)F)nc2c(C(F)(F)F)cccc12)[C@@H]1CCCN1.